The van der Waals surface area contributed by atoms with E-state index in [1.807, 2.05) is 0 Å². The number of hydrogen-bond acceptors (Lipinski definition) is 5. The Kier molecular flexibility index (Phi) is 5.32. The molecule has 0 N–H and O–H groups in total. The van der Waals surface area contributed by atoms with E-state index in [9.17, 15) is 9.36 Å². The summed E-state index contributed by atoms with van der Waals surface area (Å²) in [6.07, 6.45) is 2.63. The zero-order valence-corrected chi connectivity index (χ0v) is 11.6. The van der Waals surface area contributed by atoms with Gasteiger partial charge in [-0.05, 0) is 6.42 Å². The van der Waals surface area contributed by atoms with Crippen molar-refractivity contribution in [2.75, 3.05) is 33.6 Å². The predicted molar refractivity (Wildman–Crippen MR) is 64.3 cm³/mol. The fraction of sp³-hybridized carbons (Fsp3) is 0.909. The number of hydrogen-bond donors (Lipinski definition) is 0. The maximum atomic E-state index is 12.2. The molecule has 0 amide bonds. The zero-order valence-electron chi connectivity index (χ0n) is 10.7. The second kappa shape index (κ2) is 6.10. The molecule has 1 aliphatic rings. The van der Waals surface area contributed by atoms with Crippen LogP contribution >= 0.6 is 7.60 Å². The van der Waals surface area contributed by atoms with E-state index in [1.54, 1.807) is 0 Å². The van der Waals surface area contributed by atoms with E-state index in [2.05, 4.69) is 6.92 Å². The number of ether oxygens (including phenoxy) is 1. The molecule has 0 aromatic heterocycles. The van der Waals surface area contributed by atoms with Crippen LogP contribution in [0, 0.1) is 5.41 Å². The Hall–Kier alpha value is -0.220. The highest BCUT2D eigenvalue weighted by atomic mass is 31.2. The van der Waals surface area contributed by atoms with Gasteiger partial charge in [-0.15, -0.1) is 0 Å². The molecule has 1 saturated heterocycles. The molecule has 0 aromatic carbocycles. The lowest BCUT2D eigenvalue weighted by molar-refractivity contribution is -0.158. The summed E-state index contributed by atoms with van der Waals surface area (Å²) in [5, 5.41) is 0. The van der Waals surface area contributed by atoms with Crippen molar-refractivity contribution in [3.05, 3.63) is 0 Å². The van der Waals surface area contributed by atoms with Gasteiger partial charge in [-0.1, -0.05) is 19.8 Å². The van der Waals surface area contributed by atoms with Crippen molar-refractivity contribution in [2.24, 2.45) is 5.41 Å². The van der Waals surface area contributed by atoms with Crippen LogP contribution in [0.1, 0.15) is 26.2 Å². The summed E-state index contributed by atoms with van der Waals surface area (Å²) < 4.78 is 26.7. The number of carbonyl (C=O) groups excluding carboxylic acids is 1. The highest BCUT2D eigenvalue weighted by Gasteiger charge is 2.47. The van der Waals surface area contributed by atoms with Gasteiger partial charge in [-0.3, -0.25) is 9.36 Å². The van der Waals surface area contributed by atoms with Gasteiger partial charge < -0.3 is 13.8 Å². The zero-order chi connectivity index (χ0) is 12.9. The van der Waals surface area contributed by atoms with Gasteiger partial charge in [0.2, 0.25) is 0 Å². The van der Waals surface area contributed by atoms with Crippen LogP contribution in [-0.4, -0.2) is 39.4 Å². The molecule has 0 unspecified atom stereocenters. The molecule has 0 radical (unpaired) electrons. The first-order chi connectivity index (χ1) is 8.02. The molecule has 5 nitrogen and oxygen atoms in total. The number of ketones is 1. The standard InChI is InChI=1S/C11H21O5P/c1-4-5-6-11(8-16-9-11)10(12)7-17(13,14-2)15-3/h4-9H2,1-3H3. The summed E-state index contributed by atoms with van der Waals surface area (Å²) in [6, 6.07) is 0. The third-order valence-electron chi connectivity index (χ3n) is 3.25. The normalized spacial score (nSPS) is 18.8. The average molecular weight is 264 g/mol. The molecule has 0 bridgehead atoms. The lowest BCUT2D eigenvalue weighted by Crippen LogP contribution is -2.50. The van der Waals surface area contributed by atoms with Gasteiger partial charge in [-0.2, -0.15) is 0 Å². The number of Topliss-reactive ketones (excluding diaryl/α,β-unsaturated/α-hetero) is 1. The van der Waals surface area contributed by atoms with Crippen LogP contribution < -0.4 is 0 Å². The molecule has 6 heteroatoms. The molecule has 17 heavy (non-hydrogen) atoms. The fourth-order valence-corrected chi connectivity index (χ4v) is 2.95. The summed E-state index contributed by atoms with van der Waals surface area (Å²) in [5.74, 6) is -0.0655. The predicted octanol–water partition coefficient (Wildman–Crippen LogP) is 2.25. The third kappa shape index (κ3) is 3.38. The third-order valence-corrected chi connectivity index (χ3v) is 5.04. The number of unbranched alkanes of at least 4 members (excludes halogenated alkanes) is 1. The maximum absolute atomic E-state index is 12.2. The largest absolute Gasteiger partial charge is 0.379 e. The van der Waals surface area contributed by atoms with Gasteiger partial charge in [0.05, 0.1) is 18.6 Å². The Balaban J connectivity index is 2.64. The Morgan fingerprint density at radius 2 is 1.94 bits per heavy atom. The summed E-state index contributed by atoms with van der Waals surface area (Å²) >= 11 is 0. The van der Waals surface area contributed by atoms with E-state index in [-0.39, 0.29) is 11.9 Å². The van der Waals surface area contributed by atoms with Crippen LogP contribution in [0.5, 0.6) is 0 Å². The number of rotatable bonds is 8. The molecule has 0 aromatic rings. The van der Waals surface area contributed by atoms with Crippen molar-refractivity contribution in [3.8, 4) is 0 Å². The smallest absolute Gasteiger partial charge is 0.337 e. The minimum Gasteiger partial charge on any atom is -0.379 e. The van der Waals surface area contributed by atoms with E-state index in [4.69, 9.17) is 13.8 Å². The van der Waals surface area contributed by atoms with Gasteiger partial charge in [0, 0.05) is 14.2 Å². The Bertz CT molecular complexity index is 303. The summed E-state index contributed by atoms with van der Waals surface area (Å²) in [6.45, 7) is 2.94. The molecule has 0 saturated carbocycles. The van der Waals surface area contributed by atoms with Gasteiger partial charge in [0.25, 0.3) is 0 Å². The van der Waals surface area contributed by atoms with Crippen LogP contribution in [0.2, 0.25) is 0 Å². The van der Waals surface area contributed by atoms with Crippen LogP contribution in [0.3, 0.4) is 0 Å². The summed E-state index contributed by atoms with van der Waals surface area (Å²) in [7, 11) is -0.652. The first-order valence-electron chi connectivity index (χ1n) is 5.83. The molecular weight excluding hydrogens is 243 g/mol. The number of carbonyl (C=O) groups is 1. The van der Waals surface area contributed by atoms with Crippen LogP contribution in [0.15, 0.2) is 0 Å². The molecule has 0 spiro atoms. The van der Waals surface area contributed by atoms with Crippen molar-refractivity contribution >= 4 is 13.4 Å². The van der Waals surface area contributed by atoms with E-state index in [0.717, 1.165) is 19.3 Å². The Morgan fingerprint density at radius 1 is 1.35 bits per heavy atom. The molecule has 0 aliphatic carbocycles. The molecule has 100 valence electrons. The molecule has 1 aliphatic heterocycles. The van der Waals surface area contributed by atoms with Crippen molar-refractivity contribution in [2.45, 2.75) is 26.2 Å². The molecule has 1 heterocycles. The molecular formula is C11H21O5P. The fourth-order valence-electron chi connectivity index (χ4n) is 1.86. The van der Waals surface area contributed by atoms with Crippen LogP contribution in [0.4, 0.5) is 0 Å². The van der Waals surface area contributed by atoms with E-state index >= 15 is 0 Å². The van der Waals surface area contributed by atoms with E-state index < -0.39 is 13.0 Å². The van der Waals surface area contributed by atoms with E-state index in [0.29, 0.717) is 13.2 Å². The van der Waals surface area contributed by atoms with Crippen molar-refractivity contribution in [1.29, 1.82) is 0 Å². The Morgan fingerprint density at radius 3 is 2.29 bits per heavy atom. The summed E-state index contributed by atoms with van der Waals surface area (Å²) in [4.78, 5) is 12.2. The Labute approximate surface area is 102 Å². The van der Waals surface area contributed by atoms with Gasteiger partial charge in [0.1, 0.15) is 6.16 Å². The highest BCUT2D eigenvalue weighted by molar-refractivity contribution is 7.54. The van der Waals surface area contributed by atoms with E-state index in [1.165, 1.54) is 14.2 Å². The lowest BCUT2D eigenvalue weighted by atomic mass is 9.77. The highest BCUT2D eigenvalue weighted by Crippen LogP contribution is 2.49. The van der Waals surface area contributed by atoms with Crippen LogP contribution in [0.25, 0.3) is 0 Å². The SMILES string of the molecule is CCCCC1(C(=O)CP(=O)(OC)OC)COC1. The first-order valence-corrected chi connectivity index (χ1v) is 7.56. The first kappa shape index (κ1) is 14.8. The van der Waals surface area contributed by atoms with Crippen molar-refractivity contribution in [3.63, 3.8) is 0 Å². The van der Waals surface area contributed by atoms with Gasteiger partial charge in [0.15, 0.2) is 5.78 Å². The topological polar surface area (TPSA) is 61.8 Å². The average Bonchev–Trinajstić information content (AvgIpc) is 2.27. The van der Waals surface area contributed by atoms with Crippen molar-refractivity contribution < 1.29 is 23.1 Å². The molecule has 1 rings (SSSR count). The maximum Gasteiger partial charge on any atom is 0.337 e. The lowest BCUT2D eigenvalue weighted by Gasteiger charge is -2.40. The van der Waals surface area contributed by atoms with Crippen LogP contribution in [-0.2, 0) is 23.1 Å². The molecule has 0 atom stereocenters. The summed E-state index contributed by atoms with van der Waals surface area (Å²) in [5.41, 5.74) is -0.456. The quantitative estimate of drug-likeness (QED) is 0.629. The van der Waals surface area contributed by atoms with Crippen molar-refractivity contribution in [1.82, 2.24) is 0 Å². The second-order valence-corrected chi connectivity index (χ2v) is 6.70. The van der Waals surface area contributed by atoms with Gasteiger partial charge >= 0.3 is 7.60 Å². The minimum absolute atomic E-state index is 0.0655. The second-order valence-electron chi connectivity index (χ2n) is 4.43. The molecule has 1 fully saturated rings. The monoisotopic (exact) mass is 264 g/mol. The minimum atomic E-state index is -3.25. The van der Waals surface area contributed by atoms with Gasteiger partial charge in [-0.25, -0.2) is 0 Å².